The molecule has 0 saturated carbocycles. The van der Waals surface area contributed by atoms with Gasteiger partial charge in [-0.25, -0.2) is 4.79 Å². The number of carbonyl (C=O) groups is 2. The number of nitrogens with one attached hydrogen (secondary N) is 1. The van der Waals surface area contributed by atoms with Crippen LogP contribution in [0.5, 0.6) is 5.75 Å². The van der Waals surface area contributed by atoms with Crippen molar-refractivity contribution < 1.29 is 28.6 Å². The van der Waals surface area contributed by atoms with E-state index in [0.29, 0.717) is 22.3 Å². The van der Waals surface area contributed by atoms with Crippen LogP contribution in [0.3, 0.4) is 0 Å². The summed E-state index contributed by atoms with van der Waals surface area (Å²) in [5.41, 5.74) is 2.79. The molecule has 1 amide bonds. The lowest BCUT2D eigenvalue weighted by atomic mass is 10.00. The van der Waals surface area contributed by atoms with E-state index in [0.717, 1.165) is 22.1 Å². The number of aryl methyl sites for hydroxylation is 3. The van der Waals surface area contributed by atoms with E-state index in [9.17, 15) is 24.6 Å². The molecule has 0 aliphatic carbocycles. The second-order valence-electron chi connectivity index (χ2n) is 8.03. The zero-order valence-corrected chi connectivity index (χ0v) is 18.4. The number of carboxylic acids is 1. The van der Waals surface area contributed by atoms with Gasteiger partial charge in [-0.3, -0.25) is 4.79 Å². The first-order valence-corrected chi connectivity index (χ1v) is 10.4. The summed E-state index contributed by atoms with van der Waals surface area (Å²) in [5.74, 6) is -1.29. The van der Waals surface area contributed by atoms with Crippen LogP contribution in [0.1, 0.15) is 40.5 Å². The number of amides is 1. The number of phenols is 1. The van der Waals surface area contributed by atoms with Crippen molar-refractivity contribution in [3.05, 3.63) is 74.8 Å². The van der Waals surface area contributed by atoms with E-state index in [-0.39, 0.29) is 24.2 Å². The van der Waals surface area contributed by atoms with Gasteiger partial charge in [0.05, 0.1) is 12.0 Å². The molecule has 4 rings (SSSR count). The highest BCUT2D eigenvalue weighted by Gasteiger charge is 2.19. The van der Waals surface area contributed by atoms with Crippen molar-refractivity contribution in [1.82, 2.24) is 5.32 Å². The van der Waals surface area contributed by atoms with E-state index in [2.05, 4.69) is 5.32 Å². The predicted molar refractivity (Wildman–Crippen MR) is 119 cm³/mol. The lowest BCUT2D eigenvalue weighted by molar-refractivity contribution is -0.308. The van der Waals surface area contributed by atoms with Crippen molar-refractivity contribution in [1.29, 1.82) is 0 Å². The largest absolute Gasteiger partial charge is 0.548 e. The summed E-state index contributed by atoms with van der Waals surface area (Å²) in [7, 11) is 0. The van der Waals surface area contributed by atoms with Crippen molar-refractivity contribution in [2.45, 2.75) is 39.7 Å². The molecule has 2 N–H and O–H groups in total. The van der Waals surface area contributed by atoms with Crippen LogP contribution in [-0.4, -0.2) is 17.0 Å². The Morgan fingerprint density at radius 3 is 2.30 bits per heavy atom. The van der Waals surface area contributed by atoms with Crippen LogP contribution in [0.15, 0.2) is 50.0 Å². The Bertz CT molecular complexity index is 1440. The van der Waals surface area contributed by atoms with Gasteiger partial charge in [0.15, 0.2) is 0 Å². The summed E-state index contributed by atoms with van der Waals surface area (Å²) in [5, 5.41) is 25.0. The van der Waals surface area contributed by atoms with Crippen molar-refractivity contribution in [3.8, 4) is 5.75 Å². The molecule has 8 nitrogen and oxygen atoms in total. The van der Waals surface area contributed by atoms with Gasteiger partial charge in [0.1, 0.15) is 22.7 Å². The Balaban J connectivity index is 1.58. The normalized spacial score (nSPS) is 12.2. The van der Waals surface area contributed by atoms with Crippen LogP contribution in [0.25, 0.3) is 21.9 Å². The third-order valence-electron chi connectivity index (χ3n) is 5.95. The maximum atomic E-state index is 12.6. The molecule has 0 aliphatic rings. The number of aliphatic carboxylic acids is 1. The Labute approximate surface area is 188 Å². The molecular weight excluding hydrogens is 426 g/mol. The fourth-order valence-electron chi connectivity index (χ4n) is 3.93. The monoisotopic (exact) mass is 448 g/mol. The molecule has 0 radical (unpaired) electrons. The number of furan rings is 1. The highest BCUT2D eigenvalue weighted by molar-refractivity contribution is 5.96. The van der Waals surface area contributed by atoms with Gasteiger partial charge in [-0.2, -0.15) is 0 Å². The Morgan fingerprint density at radius 2 is 1.64 bits per heavy atom. The summed E-state index contributed by atoms with van der Waals surface area (Å²) in [4.78, 5) is 36.6. The van der Waals surface area contributed by atoms with E-state index in [1.54, 1.807) is 13.0 Å². The van der Waals surface area contributed by atoms with E-state index >= 15 is 0 Å². The van der Waals surface area contributed by atoms with Crippen LogP contribution in [0.4, 0.5) is 0 Å². The molecule has 0 spiro atoms. The minimum Gasteiger partial charge on any atom is -0.548 e. The number of carbonyl (C=O) groups excluding carboxylic acids is 2. The average Bonchev–Trinajstić information content (AvgIpc) is 3.04. The minimum atomic E-state index is -1.48. The van der Waals surface area contributed by atoms with E-state index in [1.165, 1.54) is 24.3 Å². The lowest BCUT2D eigenvalue weighted by Crippen LogP contribution is -2.41. The molecule has 0 unspecified atom stereocenters. The molecule has 4 aromatic rings. The third-order valence-corrected chi connectivity index (χ3v) is 5.95. The van der Waals surface area contributed by atoms with Crippen LogP contribution in [0.2, 0.25) is 0 Å². The zero-order valence-electron chi connectivity index (χ0n) is 18.4. The zero-order chi connectivity index (χ0) is 23.9. The number of fused-ring (bicyclic) bond motifs is 2. The van der Waals surface area contributed by atoms with Gasteiger partial charge in [-0.05, 0) is 62.1 Å². The first-order chi connectivity index (χ1) is 15.7. The second kappa shape index (κ2) is 8.46. The van der Waals surface area contributed by atoms with E-state index in [4.69, 9.17) is 8.83 Å². The molecule has 0 aliphatic heterocycles. The topological polar surface area (TPSA) is 133 Å². The number of hydrogen-bond acceptors (Lipinski definition) is 7. The first kappa shape index (κ1) is 22.1. The lowest BCUT2D eigenvalue weighted by Gasteiger charge is -2.20. The fraction of sp³-hybridized carbons (Fsp3) is 0.240. The quantitative estimate of drug-likeness (QED) is 0.433. The SMILES string of the molecule is Cc1oc2cc3oc(=O)c(CCC(=O)N[C@H](C(=O)[O-])c4ccc(O)cc4)c(C)c3cc2c1C. The number of carboxylic acid groups (broad SMARTS) is 1. The van der Waals surface area contributed by atoms with E-state index < -0.39 is 23.5 Å². The molecular formula is C25H22NO7-. The van der Waals surface area contributed by atoms with Crippen molar-refractivity contribution in [2.24, 2.45) is 0 Å². The van der Waals surface area contributed by atoms with Gasteiger partial charge in [0, 0.05) is 28.8 Å². The van der Waals surface area contributed by atoms with Gasteiger partial charge in [-0.1, -0.05) is 12.1 Å². The maximum Gasteiger partial charge on any atom is 0.339 e. The standard InChI is InChI=1S/C25H23NO7/c1-12-14(3)32-20-11-21-19(10-18(12)20)13(2)17(25(31)33-21)8-9-22(28)26-23(24(29)30)15-4-6-16(27)7-5-15/h4-7,10-11,23,27H,8-9H2,1-3H3,(H,26,28)(H,29,30)/p-1/t23-/m0/s1. The Morgan fingerprint density at radius 1 is 1.00 bits per heavy atom. The van der Waals surface area contributed by atoms with Crippen molar-refractivity contribution in [2.75, 3.05) is 0 Å². The molecule has 2 aromatic heterocycles. The number of aromatic hydroxyl groups is 1. The molecule has 0 saturated heterocycles. The van der Waals surface area contributed by atoms with Crippen LogP contribution in [0, 0.1) is 20.8 Å². The van der Waals surface area contributed by atoms with Gasteiger partial charge in [0.25, 0.3) is 0 Å². The first-order valence-electron chi connectivity index (χ1n) is 10.4. The smallest absolute Gasteiger partial charge is 0.339 e. The van der Waals surface area contributed by atoms with Crippen molar-refractivity contribution in [3.63, 3.8) is 0 Å². The molecule has 33 heavy (non-hydrogen) atoms. The average molecular weight is 448 g/mol. The summed E-state index contributed by atoms with van der Waals surface area (Å²) in [6.45, 7) is 5.61. The minimum absolute atomic E-state index is 0.0290. The molecule has 2 aromatic carbocycles. The van der Waals surface area contributed by atoms with Gasteiger partial charge in [-0.15, -0.1) is 0 Å². The number of hydrogen-bond donors (Lipinski definition) is 2. The Hall–Kier alpha value is -4.07. The molecule has 1 atom stereocenters. The maximum absolute atomic E-state index is 12.6. The van der Waals surface area contributed by atoms with Crippen LogP contribution >= 0.6 is 0 Å². The molecule has 0 fully saturated rings. The summed E-state index contributed by atoms with van der Waals surface area (Å²) < 4.78 is 11.2. The van der Waals surface area contributed by atoms with Gasteiger partial charge < -0.3 is 29.2 Å². The fourth-order valence-corrected chi connectivity index (χ4v) is 3.93. The predicted octanol–water partition coefficient (Wildman–Crippen LogP) is 2.71. The summed E-state index contributed by atoms with van der Waals surface area (Å²) >= 11 is 0. The number of benzene rings is 2. The van der Waals surface area contributed by atoms with Crippen LogP contribution < -0.4 is 16.0 Å². The Kier molecular flexibility index (Phi) is 5.68. The second-order valence-corrected chi connectivity index (χ2v) is 8.03. The summed E-state index contributed by atoms with van der Waals surface area (Å²) in [6, 6.07) is 7.64. The van der Waals surface area contributed by atoms with Crippen LogP contribution in [-0.2, 0) is 16.0 Å². The molecule has 8 heteroatoms. The molecule has 170 valence electrons. The summed E-state index contributed by atoms with van der Waals surface area (Å²) in [6.07, 6.45) is -0.0439. The number of rotatable bonds is 6. The van der Waals surface area contributed by atoms with E-state index in [1.807, 2.05) is 19.9 Å². The third kappa shape index (κ3) is 4.19. The number of phenolic OH excluding ortho intramolecular Hbond substituents is 1. The van der Waals surface area contributed by atoms with Gasteiger partial charge >= 0.3 is 5.63 Å². The van der Waals surface area contributed by atoms with Gasteiger partial charge in [0.2, 0.25) is 5.91 Å². The highest BCUT2D eigenvalue weighted by Crippen LogP contribution is 2.31. The highest BCUT2D eigenvalue weighted by atomic mass is 16.4. The van der Waals surface area contributed by atoms with Crippen molar-refractivity contribution >= 4 is 33.8 Å². The molecule has 2 heterocycles. The molecule has 0 bridgehead atoms.